The van der Waals surface area contributed by atoms with E-state index in [0.29, 0.717) is 5.92 Å². The van der Waals surface area contributed by atoms with Crippen LogP contribution in [0.25, 0.3) is 0 Å². The van der Waals surface area contributed by atoms with E-state index in [2.05, 4.69) is 24.1 Å². The molecule has 1 aromatic heterocycles. The van der Waals surface area contributed by atoms with Crippen molar-refractivity contribution >= 4 is 16.5 Å². The maximum atomic E-state index is 4.90. The number of nitrogens with zero attached hydrogens (tertiary/aromatic N) is 2. The molecule has 2 heterocycles. The lowest BCUT2D eigenvalue weighted by atomic mass is 10.1. The summed E-state index contributed by atoms with van der Waals surface area (Å²) in [6, 6.07) is 0. The molecule has 18 heavy (non-hydrogen) atoms. The minimum Gasteiger partial charge on any atom is -0.348 e. The van der Waals surface area contributed by atoms with Crippen LogP contribution in [-0.2, 0) is 13.0 Å². The lowest BCUT2D eigenvalue weighted by Crippen LogP contribution is -2.29. The van der Waals surface area contributed by atoms with Crippen LogP contribution < -0.4 is 10.2 Å². The predicted molar refractivity (Wildman–Crippen MR) is 79.5 cm³/mol. The molecule has 102 valence electrons. The van der Waals surface area contributed by atoms with Gasteiger partial charge in [0, 0.05) is 24.5 Å². The van der Waals surface area contributed by atoms with Crippen molar-refractivity contribution in [3.63, 3.8) is 0 Å². The Kier molecular flexibility index (Phi) is 5.01. The Morgan fingerprint density at radius 2 is 2.00 bits per heavy atom. The highest BCUT2D eigenvalue weighted by molar-refractivity contribution is 7.15. The highest BCUT2D eigenvalue weighted by Crippen LogP contribution is 2.29. The van der Waals surface area contributed by atoms with Gasteiger partial charge < -0.3 is 10.2 Å². The van der Waals surface area contributed by atoms with Gasteiger partial charge in [0.1, 0.15) is 0 Å². The standard InChI is InChI=1S/C14H25N3S/c1-11(2)9-12-13(10-15-3)18-14(16-12)17-7-5-4-6-8-17/h11,15H,4-10H2,1-3H3. The van der Waals surface area contributed by atoms with Crippen LogP contribution in [0.3, 0.4) is 0 Å². The van der Waals surface area contributed by atoms with Crippen molar-refractivity contribution in [2.24, 2.45) is 5.92 Å². The van der Waals surface area contributed by atoms with Crippen LogP contribution in [0.4, 0.5) is 5.13 Å². The van der Waals surface area contributed by atoms with Crippen molar-refractivity contribution in [2.75, 3.05) is 25.0 Å². The fraction of sp³-hybridized carbons (Fsp3) is 0.786. The normalized spacial score (nSPS) is 16.6. The first-order valence-corrected chi connectivity index (χ1v) is 7.90. The van der Waals surface area contributed by atoms with Gasteiger partial charge in [-0.05, 0) is 38.6 Å². The molecule has 3 nitrogen and oxygen atoms in total. The van der Waals surface area contributed by atoms with Gasteiger partial charge >= 0.3 is 0 Å². The van der Waals surface area contributed by atoms with Crippen LogP contribution in [0.2, 0.25) is 0 Å². The summed E-state index contributed by atoms with van der Waals surface area (Å²) in [5.41, 5.74) is 1.31. The second-order valence-electron chi connectivity index (χ2n) is 5.54. The first kappa shape index (κ1) is 13.8. The van der Waals surface area contributed by atoms with E-state index in [1.165, 1.54) is 48.1 Å². The number of rotatable bonds is 5. The zero-order valence-electron chi connectivity index (χ0n) is 11.8. The fourth-order valence-corrected chi connectivity index (χ4v) is 3.59. The third-order valence-corrected chi connectivity index (χ3v) is 4.49. The van der Waals surface area contributed by atoms with Crippen LogP contribution in [-0.4, -0.2) is 25.1 Å². The van der Waals surface area contributed by atoms with Crippen LogP contribution in [0.15, 0.2) is 0 Å². The number of hydrogen-bond donors (Lipinski definition) is 1. The smallest absolute Gasteiger partial charge is 0.185 e. The Morgan fingerprint density at radius 1 is 1.28 bits per heavy atom. The second kappa shape index (κ2) is 6.53. The summed E-state index contributed by atoms with van der Waals surface area (Å²) in [7, 11) is 2.01. The van der Waals surface area contributed by atoms with E-state index in [0.717, 1.165) is 13.0 Å². The van der Waals surface area contributed by atoms with Gasteiger partial charge in [-0.1, -0.05) is 13.8 Å². The van der Waals surface area contributed by atoms with Crippen molar-refractivity contribution in [3.8, 4) is 0 Å². The number of hydrogen-bond acceptors (Lipinski definition) is 4. The first-order chi connectivity index (χ1) is 8.70. The van der Waals surface area contributed by atoms with Crippen molar-refractivity contribution in [1.29, 1.82) is 0 Å². The summed E-state index contributed by atoms with van der Waals surface area (Å²) >= 11 is 1.88. The molecule has 0 spiro atoms. The van der Waals surface area contributed by atoms with Crippen molar-refractivity contribution < 1.29 is 0 Å². The van der Waals surface area contributed by atoms with E-state index < -0.39 is 0 Å². The van der Waals surface area contributed by atoms with Crippen LogP contribution >= 0.6 is 11.3 Å². The van der Waals surface area contributed by atoms with Crippen molar-refractivity contribution in [2.45, 2.75) is 46.1 Å². The van der Waals surface area contributed by atoms with Crippen molar-refractivity contribution in [1.82, 2.24) is 10.3 Å². The average Bonchev–Trinajstić information content (AvgIpc) is 2.73. The molecule has 1 aromatic rings. The molecular weight excluding hydrogens is 242 g/mol. The van der Waals surface area contributed by atoms with Gasteiger partial charge in [-0.25, -0.2) is 4.98 Å². The molecule has 1 N–H and O–H groups in total. The summed E-state index contributed by atoms with van der Waals surface area (Å²) in [5.74, 6) is 0.678. The average molecular weight is 267 g/mol. The zero-order chi connectivity index (χ0) is 13.0. The van der Waals surface area contributed by atoms with E-state index in [1.54, 1.807) is 0 Å². The Morgan fingerprint density at radius 3 is 2.61 bits per heavy atom. The van der Waals surface area contributed by atoms with Gasteiger partial charge in [-0.2, -0.15) is 0 Å². The number of anilines is 1. The Labute approximate surface area is 115 Å². The van der Waals surface area contributed by atoms with Gasteiger partial charge in [0.05, 0.1) is 5.69 Å². The molecule has 0 bridgehead atoms. The molecule has 1 fully saturated rings. The molecule has 2 rings (SSSR count). The monoisotopic (exact) mass is 267 g/mol. The Bertz CT molecular complexity index is 367. The zero-order valence-corrected chi connectivity index (χ0v) is 12.6. The lowest BCUT2D eigenvalue weighted by Gasteiger charge is -2.25. The second-order valence-corrected chi connectivity index (χ2v) is 6.60. The highest BCUT2D eigenvalue weighted by Gasteiger charge is 2.18. The summed E-state index contributed by atoms with van der Waals surface area (Å²) in [4.78, 5) is 8.79. The predicted octanol–water partition coefficient (Wildman–Crippen LogP) is 3.05. The van der Waals surface area contributed by atoms with Gasteiger partial charge in [-0.3, -0.25) is 0 Å². The van der Waals surface area contributed by atoms with E-state index in [1.807, 2.05) is 18.4 Å². The number of aromatic nitrogens is 1. The van der Waals surface area contributed by atoms with E-state index in [4.69, 9.17) is 4.98 Å². The molecule has 1 aliphatic heterocycles. The lowest BCUT2D eigenvalue weighted by molar-refractivity contribution is 0.575. The minimum atomic E-state index is 0.678. The van der Waals surface area contributed by atoms with Crippen LogP contribution in [0.1, 0.15) is 43.7 Å². The highest BCUT2D eigenvalue weighted by atomic mass is 32.1. The van der Waals surface area contributed by atoms with Gasteiger partial charge in [0.15, 0.2) is 5.13 Å². The molecule has 0 radical (unpaired) electrons. The molecule has 1 aliphatic rings. The quantitative estimate of drug-likeness (QED) is 0.889. The number of thiazole rings is 1. The minimum absolute atomic E-state index is 0.678. The summed E-state index contributed by atoms with van der Waals surface area (Å²) in [6.07, 6.45) is 5.12. The molecule has 1 saturated heterocycles. The summed E-state index contributed by atoms with van der Waals surface area (Å²) in [6.45, 7) is 7.86. The largest absolute Gasteiger partial charge is 0.348 e. The Hall–Kier alpha value is -0.610. The SMILES string of the molecule is CNCc1sc(N2CCCCC2)nc1CC(C)C. The number of piperidine rings is 1. The molecule has 0 aliphatic carbocycles. The molecular formula is C14H25N3S. The molecule has 4 heteroatoms. The maximum Gasteiger partial charge on any atom is 0.185 e. The molecule has 0 unspecified atom stereocenters. The van der Waals surface area contributed by atoms with Gasteiger partial charge in [0.25, 0.3) is 0 Å². The third kappa shape index (κ3) is 3.45. The van der Waals surface area contributed by atoms with Crippen molar-refractivity contribution in [3.05, 3.63) is 10.6 Å². The molecule has 0 amide bonds. The number of nitrogens with one attached hydrogen (secondary N) is 1. The first-order valence-electron chi connectivity index (χ1n) is 7.09. The molecule has 0 aromatic carbocycles. The Balaban J connectivity index is 2.14. The van der Waals surface area contributed by atoms with Crippen LogP contribution in [0, 0.1) is 5.92 Å². The topological polar surface area (TPSA) is 28.2 Å². The molecule has 0 saturated carbocycles. The van der Waals surface area contributed by atoms with E-state index in [-0.39, 0.29) is 0 Å². The fourth-order valence-electron chi connectivity index (χ4n) is 2.44. The summed E-state index contributed by atoms with van der Waals surface area (Å²) < 4.78 is 0. The van der Waals surface area contributed by atoms with E-state index in [9.17, 15) is 0 Å². The van der Waals surface area contributed by atoms with Gasteiger partial charge in [0.2, 0.25) is 0 Å². The maximum absolute atomic E-state index is 4.90. The van der Waals surface area contributed by atoms with Gasteiger partial charge in [-0.15, -0.1) is 11.3 Å². The van der Waals surface area contributed by atoms with Crippen LogP contribution in [0.5, 0.6) is 0 Å². The molecule has 0 atom stereocenters. The summed E-state index contributed by atoms with van der Waals surface area (Å²) in [5, 5.41) is 4.51. The third-order valence-electron chi connectivity index (χ3n) is 3.33. The van der Waals surface area contributed by atoms with E-state index >= 15 is 0 Å².